The number of fused-ring (bicyclic) bond motifs is 5. The summed E-state index contributed by atoms with van der Waals surface area (Å²) in [5.41, 5.74) is -2.13. The van der Waals surface area contributed by atoms with E-state index in [2.05, 4.69) is 0 Å². The van der Waals surface area contributed by atoms with Gasteiger partial charge >= 0.3 is 5.97 Å². The van der Waals surface area contributed by atoms with Crippen molar-refractivity contribution in [3.63, 3.8) is 0 Å². The molecule has 0 radical (unpaired) electrons. The van der Waals surface area contributed by atoms with Crippen LogP contribution < -0.4 is 15.1 Å². The second-order valence-corrected chi connectivity index (χ2v) is 7.07. The second-order valence-electron chi connectivity index (χ2n) is 7.07. The summed E-state index contributed by atoms with van der Waals surface area (Å²) in [6.45, 7) is 1.87. The van der Waals surface area contributed by atoms with E-state index in [1.807, 2.05) is 0 Å². The first-order valence-corrected chi connectivity index (χ1v) is 8.65. The molecule has 2 atom stereocenters. The number of pyridine rings is 1. The van der Waals surface area contributed by atoms with Crippen LogP contribution in [0.2, 0.25) is 0 Å². The average molecular weight is 378 g/mol. The molecule has 1 aromatic heterocycles. The molecular weight excluding hydrogens is 359 g/mol. The molecule has 8 nitrogen and oxygen atoms in total. The van der Waals surface area contributed by atoms with Crippen molar-refractivity contribution < 1.29 is 29.2 Å². The zero-order valence-electron chi connectivity index (χ0n) is 14.6. The predicted octanol–water partition coefficient (Wildman–Crippen LogP) is 0.553. The molecule has 0 saturated carbocycles. The number of anilines is 1. The minimum Gasteiger partial charge on any atom is -0.487 e. The first-order chi connectivity index (χ1) is 12.8. The molecule has 0 spiro atoms. The monoisotopic (exact) mass is 378 g/mol. The van der Waals surface area contributed by atoms with Gasteiger partial charge in [-0.15, -0.1) is 0 Å². The van der Waals surface area contributed by atoms with Crippen LogP contribution in [0.25, 0.3) is 10.9 Å². The Bertz CT molecular complexity index is 1020. The maximum absolute atomic E-state index is 15.0. The zero-order chi connectivity index (χ0) is 19.5. The van der Waals surface area contributed by atoms with Gasteiger partial charge in [0.15, 0.2) is 11.6 Å². The van der Waals surface area contributed by atoms with Gasteiger partial charge in [0.2, 0.25) is 5.43 Å². The lowest BCUT2D eigenvalue weighted by molar-refractivity contribution is 0.00141. The van der Waals surface area contributed by atoms with Crippen LogP contribution in [0.1, 0.15) is 23.7 Å². The lowest BCUT2D eigenvalue weighted by Gasteiger charge is -2.34. The Morgan fingerprint density at radius 1 is 1.48 bits per heavy atom. The minimum absolute atomic E-state index is 0.0382. The molecule has 0 amide bonds. The van der Waals surface area contributed by atoms with Crippen molar-refractivity contribution in [1.82, 2.24) is 4.57 Å². The number of aromatic nitrogens is 1. The quantitative estimate of drug-likeness (QED) is 0.715. The summed E-state index contributed by atoms with van der Waals surface area (Å²) < 4.78 is 22.3. The molecule has 4 rings (SSSR count). The molecule has 0 unspecified atom stereocenters. The van der Waals surface area contributed by atoms with E-state index in [-0.39, 0.29) is 42.4 Å². The summed E-state index contributed by atoms with van der Waals surface area (Å²) in [6.07, 6.45) is 1.47. The van der Waals surface area contributed by atoms with Crippen molar-refractivity contribution in [3.05, 3.63) is 33.9 Å². The fourth-order valence-electron chi connectivity index (χ4n) is 4.06. The first kappa shape index (κ1) is 17.7. The number of aliphatic hydroxyl groups excluding tert-OH is 1. The Labute approximate surface area is 153 Å². The van der Waals surface area contributed by atoms with Crippen molar-refractivity contribution in [2.24, 2.45) is 0 Å². The van der Waals surface area contributed by atoms with E-state index < -0.39 is 35.0 Å². The first-order valence-electron chi connectivity index (χ1n) is 8.65. The Morgan fingerprint density at radius 3 is 2.85 bits per heavy atom. The number of hydrogen-bond donors (Lipinski definition) is 3. The summed E-state index contributed by atoms with van der Waals surface area (Å²) in [5.74, 6) is -1.96. The van der Waals surface area contributed by atoms with Gasteiger partial charge in [0.1, 0.15) is 23.5 Å². The second kappa shape index (κ2) is 5.93. The van der Waals surface area contributed by atoms with Crippen molar-refractivity contribution in [2.75, 3.05) is 24.7 Å². The molecule has 2 aliphatic heterocycles. The maximum Gasteiger partial charge on any atom is 0.341 e. The molecule has 2 aromatic rings. The molecule has 1 aromatic carbocycles. The summed E-state index contributed by atoms with van der Waals surface area (Å²) in [4.78, 5) is 25.6. The van der Waals surface area contributed by atoms with Gasteiger partial charge in [0, 0.05) is 25.7 Å². The zero-order valence-corrected chi connectivity index (χ0v) is 14.6. The number of halogens is 1. The van der Waals surface area contributed by atoms with Gasteiger partial charge in [-0.3, -0.25) is 4.79 Å². The predicted molar refractivity (Wildman–Crippen MR) is 94.1 cm³/mol. The lowest BCUT2D eigenvalue weighted by atomic mass is 10.0. The number of hydrogen-bond acceptors (Lipinski definition) is 6. The number of rotatable bonds is 3. The van der Waals surface area contributed by atoms with Gasteiger partial charge in [-0.2, -0.15) is 0 Å². The van der Waals surface area contributed by atoms with Crippen LogP contribution in [0.4, 0.5) is 10.1 Å². The Kier molecular flexibility index (Phi) is 3.90. The largest absolute Gasteiger partial charge is 0.487 e. The van der Waals surface area contributed by atoms with E-state index in [0.717, 1.165) is 6.07 Å². The third-order valence-electron chi connectivity index (χ3n) is 5.34. The van der Waals surface area contributed by atoms with E-state index in [4.69, 9.17) is 4.74 Å². The summed E-state index contributed by atoms with van der Waals surface area (Å²) >= 11 is 0. The summed E-state index contributed by atoms with van der Waals surface area (Å²) in [5, 5.41) is 29.1. The number of ether oxygens (including phenoxy) is 1. The number of carbonyl (C=O) groups is 1. The van der Waals surface area contributed by atoms with Crippen LogP contribution in [0.3, 0.4) is 0 Å². The molecule has 0 bridgehead atoms. The van der Waals surface area contributed by atoms with Crippen molar-refractivity contribution in [1.29, 1.82) is 0 Å². The number of carboxylic acid groups (broad SMARTS) is 1. The number of aromatic carboxylic acids is 1. The number of aryl methyl sites for hydroxylation is 1. The molecule has 3 heterocycles. The van der Waals surface area contributed by atoms with Gasteiger partial charge in [0.25, 0.3) is 0 Å². The number of benzene rings is 1. The van der Waals surface area contributed by atoms with Crippen LogP contribution >= 0.6 is 0 Å². The molecule has 2 aliphatic rings. The fraction of sp³-hybridized carbons (Fsp3) is 0.444. The van der Waals surface area contributed by atoms with E-state index in [1.54, 1.807) is 16.4 Å². The average Bonchev–Trinajstić information content (AvgIpc) is 2.99. The number of carboxylic acids is 1. The highest BCUT2D eigenvalue weighted by Gasteiger charge is 2.47. The standard InChI is InChI=1S/C18H19FN2O6/c1-2-20-5-11(17(24)25)15(23)10-3-12(19)14-16(13(10)20)27-6-9-4-18(26,8-22)7-21(9)14/h3,5,9,22,26H,2,4,6-8H2,1H3,(H,24,25)/t9-,18-/m0/s1. The molecule has 9 heteroatoms. The smallest absolute Gasteiger partial charge is 0.341 e. The van der Waals surface area contributed by atoms with E-state index >= 15 is 0 Å². The van der Waals surface area contributed by atoms with Crippen molar-refractivity contribution >= 4 is 22.6 Å². The fourth-order valence-corrected chi connectivity index (χ4v) is 4.06. The topological polar surface area (TPSA) is 112 Å². The van der Waals surface area contributed by atoms with Gasteiger partial charge < -0.3 is 29.5 Å². The van der Waals surface area contributed by atoms with Crippen LogP contribution in [0, 0.1) is 5.82 Å². The summed E-state index contributed by atoms with van der Waals surface area (Å²) in [7, 11) is 0. The molecular formula is C18H19FN2O6. The Balaban J connectivity index is 2.01. The SMILES string of the molecule is CCn1cc(C(=O)O)c(=O)c2cc(F)c3c(c21)OC[C@@H]1C[C@@](O)(CO)CN31. The minimum atomic E-state index is -1.38. The van der Waals surface area contributed by atoms with E-state index in [0.29, 0.717) is 12.1 Å². The molecule has 27 heavy (non-hydrogen) atoms. The van der Waals surface area contributed by atoms with Gasteiger partial charge in [-0.05, 0) is 13.0 Å². The van der Waals surface area contributed by atoms with Gasteiger partial charge in [0.05, 0.1) is 23.6 Å². The molecule has 1 saturated heterocycles. The Hall–Kier alpha value is -2.65. The highest BCUT2D eigenvalue weighted by molar-refractivity contribution is 5.97. The molecule has 0 aliphatic carbocycles. The summed E-state index contributed by atoms with van der Waals surface area (Å²) in [6, 6.07) is 0.721. The third kappa shape index (κ3) is 2.49. The van der Waals surface area contributed by atoms with Crippen LogP contribution in [0.5, 0.6) is 5.75 Å². The molecule has 144 valence electrons. The molecule has 3 N–H and O–H groups in total. The third-order valence-corrected chi connectivity index (χ3v) is 5.34. The van der Waals surface area contributed by atoms with Crippen LogP contribution in [-0.2, 0) is 6.54 Å². The van der Waals surface area contributed by atoms with E-state index in [1.165, 1.54) is 6.20 Å². The van der Waals surface area contributed by atoms with Crippen LogP contribution in [0.15, 0.2) is 17.1 Å². The maximum atomic E-state index is 15.0. The Morgan fingerprint density at radius 2 is 2.22 bits per heavy atom. The highest BCUT2D eigenvalue weighted by atomic mass is 19.1. The lowest BCUT2D eigenvalue weighted by Crippen LogP contribution is -2.40. The van der Waals surface area contributed by atoms with Crippen molar-refractivity contribution in [3.8, 4) is 5.75 Å². The van der Waals surface area contributed by atoms with Gasteiger partial charge in [-0.1, -0.05) is 0 Å². The van der Waals surface area contributed by atoms with Gasteiger partial charge in [-0.25, -0.2) is 9.18 Å². The van der Waals surface area contributed by atoms with Crippen molar-refractivity contribution in [2.45, 2.75) is 31.5 Å². The number of aliphatic hydroxyl groups is 2. The van der Waals surface area contributed by atoms with E-state index in [9.17, 15) is 29.3 Å². The molecule has 1 fully saturated rings. The highest BCUT2D eigenvalue weighted by Crippen LogP contribution is 2.45. The normalized spacial score (nSPS) is 23.9. The number of nitrogens with zero attached hydrogens (tertiary/aromatic N) is 2. The van der Waals surface area contributed by atoms with Crippen LogP contribution in [-0.4, -0.2) is 57.3 Å².